The molecule has 0 unspecified atom stereocenters. The summed E-state index contributed by atoms with van der Waals surface area (Å²) in [5.41, 5.74) is 4.15. The SMILES string of the molecule is CCc1ccc2c(c1)N(C)CC(C)(C)N2. The molecule has 0 amide bonds. The lowest BCUT2D eigenvalue weighted by molar-refractivity contribution is 0.550. The summed E-state index contributed by atoms with van der Waals surface area (Å²) < 4.78 is 0. The summed E-state index contributed by atoms with van der Waals surface area (Å²) >= 11 is 0. The van der Waals surface area contributed by atoms with Crippen molar-refractivity contribution in [2.45, 2.75) is 32.7 Å². The van der Waals surface area contributed by atoms with Crippen LogP contribution >= 0.6 is 0 Å². The third-order valence-electron chi connectivity index (χ3n) is 2.99. The highest BCUT2D eigenvalue weighted by Crippen LogP contribution is 2.34. The minimum absolute atomic E-state index is 0.162. The van der Waals surface area contributed by atoms with Crippen molar-refractivity contribution in [3.8, 4) is 0 Å². The lowest BCUT2D eigenvalue weighted by Crippen LogP contribution is -2.46. The van der Waals surface area contributed by atoms with E-state index in [1.165, 1.54) is 16.9 Å². The Morgan fingerprint density at radius 3 is 2.80 bits per heavy atom. The fourth-order valence-electron chi connectivity index (χ4n) is 2.30. The Bertz CT molecular complexity index is 369. The molecule has 1 aliphatic heterocycles. The van der Waals surface area contributed by atoms with Crippen molar-refractivity contribution in [1.82, 2.24) is 0 Å². The van der Waals surface area contributed by atoms with Gasteiger partial charge in [0.15, 0.2) is 0 Å². The number of anilines is 2. The number of aryl methyl sites for hydroxylation is 1. The van der Waals surface area contributed by atoms with Crippen LogP contribution in [0.4, 0.5) is 11.4 Å². The van der Waals surface area contributed by atoms with Gasteiger partial charge in [-0.25, -0.2) is 0 Å². The van der Waals surface area contributed by atoms with Gasteiger partial charge in [-0.05, 0) is 38.0 Å². The zero-order chi connectivity index (χ0) is 11.1. The number of fused-ring (bicyclic) bond motifs is 1. The minimum atomic E-state index is 0.162. The first kappa shape index (κ1) is 10.3. The average Bonchev–Trinajstić information content (AvgIpc) is 2.15. The Morgan fingerprint density at radius 1 is 1.40 bits per heavy atom. The molecule has 2 heteroatoms. The van der Waals surface area contributed by atoms with Crippen LogP contribution in [0.3, 0.4) is 0 Å². The molecule has 1 N–H and O–H groups in total. The number of nitrogens with zero attached hydrogens (tertiary/aromatic N) is 1. The van der Waals surface area contributed by atoms with Crippen LogP contribution in [0, 0.1) is 0 Å². The molecule has 0 atom stereocenters. The first-order chi connectivity index (χ1) is 7.02. The van der Waals surface area contributed by atoms with Crippen molar-refractivity contribution in [2.75, 3.05) is 23.8 Å². The number of rotatable bonds is 1. The van der Waals surface area contributed by atoms with Gasteiger partial charge >= 0.3 is 0 Å². The summed E-state index contributed by atoms with van der Waals surface area (Å²) in [5, 5.41) is 3.58. The van der Waals surface area contributed by atoms with Gasteiger partial charge in [-0.2, -0.15) is 0 Å². The largest absolute Gasteiger partial charge is 0.377 e. The van der Waals surface area contributed by atoms with Gasteiger partial charge in [0, 0.05) is 19.1 Å². The third-order valence-corrected chi connectivity index (χ3v) is 2.99. The van der Waals surface area contributed by atoms with Gasteiger partial charge in [-0.1, -0.05) is 13.0 Å². The van der Waals surface area contributed by atoms with Crippen LogP contribution in [0.15, 0.2) is 18.2 Å². The molecule has 1 aromatic carbocycles. The van der Waals surface area contributed by atoms with Crippen molar-refractivity contribution in [3.05, 3.63) is 23.8 Å². The third kappa shape index (κ3) is 1.94. The molecule has 1 aliphatic rings. The number of hydrogen-bond donors (Lipinski definition) is 1. The molecule has 0 spiro atoms. The second kappa shape index (κ2) is 3.44. The Kier molecular flexibility index (Phi) is 2.37. The number of nitrogens with one attached hydrogen (secondary N) is 1. The van der Waals surface area contributed by atoms with Gasteiger partial charge in [-0.3, -0.25) is 0 Å². The lowest BCUT2D eigenvalue weighted by Gasteiger charge is -2.40. The summed E-state index contributed by atoms with van der Waals surface area (Å²) in [4.78, 5) is 2.34. The van der Waals surface area contributed by atoms with Gasteiger partial charge in [0.1, 0.15) is 0 Å². The predicted octanol–water partition coefficient (Wildman–Crippen LogP) is 2.89. The van der Waals surface area contributed by atoms with Crippen molar-refractivity contribution in [2.24, 2.45) is 0 Å². The maximum Gasteiger partial charge on any atom is 0.0603 e. The van der Waals surface area contributed by atoms with Crippen molar-refractivity contribution >= 4 is 11.4 Å². The van der Waals surface area contributed by atoms with Crippen molar-refractivity contribution in [3.63, 3.8) is 0 Å². The summed E-state index contributed by atoms with van der Waals surface area (Å²) in [6, 6.07) is 6.70. The van der Waals surface area contributed by atoms with Gasteiger partial charge in [0.05, 0.1) is 11.4 Å². The van der Waals surface area contributed by atoms with E-state index in [9.17, 15) is 0 Å². The van der Waals surface area contributed by atoms with Crippen LogP contribution < -0.4 is 10.2 Å². The molecular weight excluding hydrogens is 184 g/mol. The second-order valence-electron chi connectivity index (χ2n) is 5.07. The number of hydrogen-bond acceptors (Lipinski definition) is 2. The van der Waals surface area contributed by atoms with E-state index in [0.717, 1.165) is 13.0 Å². The standard InChI is InChI=1S/C13H20N2/c1-5-10-6-7-11-12(8-10)15(4)9-13(2,3)14-11/h6-8,14H,5,9H2,1-4H3. The Morgan fingerprint density at radius 2 is 2.13 bits per heavy atom. The highest BCUT2D eigenvalue weighted by atomic mass is 15.2. The molecule has 1 heterocycles. The molecule has 15 heavy (non-hydrogen) atoms. The van der Waals surface area contributed by atoms with E-state index in [-0.39, 0.29) is 5.54 Å². The average molecular weight is 204 g/mol. The summed E-state index contributed by atoms with van der Waals surface area (Å²) in [6.07, 6.45) is 1.10. The number of likely N-dealkylation sites (N-methyl/N-ethyl adjacent to an activating group) is 1. The summed E-state index contributed by atoms with van der Waals surface area (Å²) in [6.45, 7) is 7.72. The van der Waals surface area contributed by atoms with Gasteiger partial charge in [0.25, 0.3) is 0 Å². The number of benzene rings is 1. The van der Waals surface area contributed by atoms with Crippen LogP contribution in [0.2, 0.25) is 0 Å². The lowest BCUT2D eigenvalue weighted by atomic mass is 9.98. The van der Waals surface area contributed by atoms with Gasteiger partial charge in [-0.15, -0.1) is 0 Å². The first-order valence-corrected chi connectivity index (χ1v) is 5.64. The molecule has 0 bridgehead atoms. The van der Waals surface area contributed by atoms with Crippen LogP contribution in [0.1, 0.15) is 26.3 Å². The molecule has 2 nitrogen and oxygen atoms in total. The molecule has 0 saturated heterocycles. The molecule has 2 rings (SSSR count). The molecule has 1 aromatic rings. The van der Waals surface area contributed by atoms with Gasteiger partial charge in [0.2, 0.25) is 0 Å². The van der Waals surface area contributed by atoms with E-state index in [0.29, 0.717) is 0 Å². The van der Waals surface area contributed by atoms with E-state index in [1.54, 1.807) is 0 Å². The van der Waals surface area contributed by atoms with E-state index < -0.39 is 0 Å². The monoisotopic (exact) mass is 204 g/mol. The van der Waals surface area contributed by atoms with Crippen LogP contribution in [0.5, 0.6) is 0 Å². The van der Waals surface area contributed by atoms with E-state index in [1.807, 2.05) is 0 Å². The predicted molar refractivity (Wildman–Crippen MR) is 66.8 cm³/mol. The Labute approximate surface area is 92.3 Å². The fraction of sp³-hybridized carbons (Fsp3) is 0.538. The summed E-state index contributed by atoms with van der Waals surface area (Å²) in [7, 11) is 2.17. The normalized spacial score (nSPS) is 18.3. The van der Waals surface area contributed by atoms with Crippen molar-refractivity contribution in [1.29, 1.82) is 0 Å². The minimum Gasteiger partial charge on any atom is -0.377 e. The summed E-state index contributed by atoms with van der Waals surface area (Å²) in [5.74, 6) is 0. The molecular formula is C13H20N2. The Hall–Kier alpha value is -1.18. The molecule has 0 saturated carbocycles. The van der Waals surface area contributed by atoms with Crippen LogP contribution in [-0.4, -0.2) is 19.1 Å². The first-order valence-electron chi connectivity index (χ1n) is 5.64. The Balaban J connectivity index is 2.41. The topological polar surface area (TPSA) is 15.3 Å². The zero-order valence-corrected chi connectivity index (χ0v) is 10.1. The molecule has 0 aliphatic carbocycles. The van der Waals surface area contributed by atoms with Crippen molar-refractivity contribution < 1.29 is 0 Å². The fourth-order valence-corrected chi connectivity index (χ4v) is 2.30. The smallest absolute Gasteiger partial charge is 0.0603 e. The molecule has 0 fully saturated rings. The second-order valence-corrected chi connectivity index (χ2v) is 5.07. The highest BCUT2D eigenvalue weighted by molar-refractivity contribution is 5.74. The van der Waals surface area contributed by atoms with Gasteiger partial charge < -0.3 is 10.2 Å². The van der Waals surface area contributed by atoms with Crippen LogP contribution in [-0.2, 0) is 6.42 Å². The molecule has 0 radical (unpaired) electrons. The maximum absolute atomic E-state index is 3.58. The highest BCUT2D eigenvalue weighted by Gasteiger charge is 2.27. The zero-order valence-electron chi connectivity index (χ0n) is 10.1. The van der Waals surface area contributed by atoms with E-state index >= 15 is 0 Å². The molecule has 82 valence electrons. The quantitative estimate of drug-likeness (QED) is 0.756. The maximum atomic E-state index is 3.58. The van der Waals surface area contributed by atoms with Crippen LogP contribution in [0.25, 0.3) is 0 Å². The van der Waals surface area contributed by atoms with E-state index in [4.69, 9.17) is 0 Å². The molecule has 0 aromatic heterocycles. The van der Waals surface area contributed by atoms with E-state index in [2.05, 4.69) is 56.2 Å².